The zero-order chi connectivity index (χ0) is 21.3. The van der Waals surface area contributed by atoms with Gasteiger partial charge in [-0.2, -0.15) is 0 Å². The van der Waals surface area contributed by atoms with Crippen LogP contribution < -0.4 is 15.0 Å². The first-order chi connectivity index (χ1) is 15.1. The van der Waals surface area contributed by atoms with Crippen LogP contribution in [0.2, 0.25) is 0 Å². The lowest BCUT2D eigenvalue weighted by Gasteiger charge is -2.41. The normalized spacial score (nSPS) is 23.1. The van der Waals surface area contributed by atoms with Crippen LogP contribution in [0.25, 0.3) is 0 Å². The lowest BCUT2D eigenvalue weighted by Crippen LogP contribution is -2.48. The van der Waals surface area contributed by atoms with Crippen molar-refractivity contribution in [3.63, 3.8) is 0 Å². The number of carbonyl (C=O) groups is 1. The summed E-state index contributed by atoms with van der Waals surface area (Å²) in [5, 5.41) is 3.02. The quantitative estimate of drug-likeness (QED) is 0.696. The topological polar surface area (TPSA) is 44.8 Å². The van der Waals surface area contributed by atoms with Crippen molar-refractivity contribution in [2.75, 3.05) is 51.3 Å². The largest absolute Gasteiger partial charge is 0.492 e. The first kappa shape index (κ1) is 20.4. The van der Waals surface area contributed by atoms with Crippen molar-refractivity contribution in [3.8, 4) is 5.75 Å². The number of anilines is 1. The summed E-state index contributed by atoms with van der Waals surface area (Å²) in [4.78, 5) is 17.9. The van der Waals surface area contributed by atoms with E-state index in [0.29, 0.717) is 13.2 Å². The average molecular weight is 420 g/mol. The van der Waals surface area contributed by atoms with E-state index in [1.54, 1.807) is 0 Å². The van der Waals surface area contributed by atoms with Crippen molar-refractivity contribution in [3.05, 3.63) is 59.7 Å². The van der Waals surface area contributed by atoms with Crippen LogP contribution in [0.4, 0.5) is 5.69 Å². The summed E-state index contributed by atoms with van der Waals surface area (Å²) in [6.07, 6.45) is 5.26. The number of likely N-dealkylation sites (N-methyl/N-ethyl adjacent to an activating group) is 1. The third-order valence-electron chi connectivity index (χ3n) is 7.05. The molecular formula is C26H33N3O2. The molecule has 31 heavy (non-hydrogen) atoms. The monoisotopic (exact) mass is 419 g/mol. The molecule has 5 heteroatoms. The highest BCUT2D eigenvalue weighted by Gasteiger charge is 2.45. The second-order valence-electron chi connectivity index (χ2n) is 9.57. The summed E-state index contributed by atoms with van der Waals surface area (Å²) in [5.74, 6) is 1.73. The number of benzene rings is 2. The lowest BCUT2D eigenvalue weighted by molar-refractivity contribution is 0.0946. The molecule has 2 aliphatic heterocycles. The number of likely N-dealkylation sites (tertiary alicyclic amines) is 1. The molecule has 2 aromatic carbocycles. The molecule has 2 heterocycles. The first-order valence-electron chi connectivity index (χ1n) is 11.7. The zero-order valence-corrected chi connectivity index (χ0v) is 18.5. The van der Waals surface area contributed by atoms with Gasteiger partial charge in [-0.05, 0) is 74.0 Å². The zero-order valence-electron chi connectivity index (χ0n) is 18.5. The number of nitrogens with one attached hydrogen (secondary N) is 1. The maximum atomic E-state index is 12.8. The van der Waals surface area contributed by atoms with Crippen molar-refractivity contribution in [2.45, 2.75) is 31.1 Å². The molecule has 1 atom stereocenters. The number of fused-ring (bicyclic) bond motifs is 2. The van der Waals surface area contributed by atoms with Crippen LogP contribution in [0.3, 0.4) is 0 Å². The number of hydrogen-bond donors (Lipinski definition) is 1. The van der Waals surface area contributed by atoms with Gasteiger partial charge in [0.15, 0.2) is 0 Å². The first-order valence-corrected chi connectivity index (χ1v) is 11.7. The third-order valence-corrected chi connectivity index (χ3v) is 7.05. The molecule has 1 amide bonds. The smallest absolute Gasteiger partial charge is 0.251 e. The van der Waals surface area contributed by atoms with Crippen LogP contribution in [-0.4, -0.2) is 57.2 Å². The third kappa shape index (κ3) is 4.42. The van der Waals surface area contributed by atoms with Crippen molar-refractivity contribution < 1.29 is 9.53 Å². The molecule has 1 spiro atoms. The maximum absolute atomic E-state index is 12.8. The van der Waals surface area contributed by atoms with E-state index in [0.717, 1.165) is 30.3 Å². The Balaban J connectivity index is 1.25. The number of carbonyl (C=O) groups excluding carboxylic acids is 1. The van der Waals surface area contributed by atoms with E-state index in [1.165, 1.54) is 50.0 Å². The van der Waals surface area contributed by atoms with E-state index in [2.05, 4.69) is 34.3 Å². The fourth-order valence-corrected chi connectivity index (χ4v) is 5.41. The minimum atomic E-state index is -0.0187. The number of amides is 1. The standard InChI is InChI=1S/C26H33N3O2/c1-28-18-26(12-5-14-29(19-26)17-20-8-9-20)23-16-21(10-11-24(23)28)25(30)27-13-15-31-22-6-3-2-4-7-22/h2-4,6-7,10-11,16,20H,5,8-9,12-15,17-19H2,1H3,(H,27,30). The van der Waals surface area contributed by atoms with Crippen LogP contribution >= 0.6 is 0 Å². The molecule has 0 aromatic heterocycles. The Bertz CT molecular complexity index is 928. The van der Waals surface area contributed by atoms with Gasteiger partial charge in [-0.25, -0.2) is 0 Å². The molecule has 1 N–H and O–H groups in total. The second-order valence-corrected chi connectivity index (χ2v) is 9.57. The molecule has 1 unspecified atom stereocenters. The highest BCUT2D eigenvalue weighted by atomic mass is 16.5. The van der Waals surface area contributed by atoms with Crippen LogP contribution in [0.1, 0.15) is 41.6 Å². The SMILES string of the molecule is CN1CC2(CCCN(CC3CC3)C2)c2cc(C(=O)NCCOc3ccccc3)ccc21. The second kappa shape index (κ2) is 8.54. The van der Waals surface area contributed by atoms with Gasteiger partial charge in [0.1, 0.15) is 12.4 Å². The minimum Gasteiger partial charge on any atom is -0.492 e. The van der Waals surface area contributed by atoms with Crippen molar-refractivity contribution >= 4 is 11.6 Å². The summed E-state index contributed by atoms with van der Waals surface area (Å²) >= 11 is 0. The van der Waals surface area contributed by atoms with E-state index in [1.807, 2.05) is 36.4 Å². The number of rotatable bonds is 7. The Morgan fingerprint density at radius 1 is 1.16 bits per heavy atom. The number of para-hydroxylation sites is 1. The van der Waals surface area contributed by atoms with Crippen LogP contribution in [0.15, 0.2) is 48.5 Å². The van der Waals surface area contributed by atoms with Gasteiger partial charge in [-0.3, -0.25) is 4.79 Å². The molecule has 3 aliphatic rings. The summed E-state index contributed by atoms with van der Waals surface area (Å²) in [5.41, 5.74) is 3.57. The van der Waals surface area contributed by atoms with Crippen molar-refractivity contribution in [2.24, 2.45) is 5.92 Å². The van der Waals surface area contributed by atoms with E-state index in [9.17, 15) is 4.79 Å². The van der Waals surface area contributed by atoms with Crippen molar-refractivity contribution in [1.29, 1.82) is 0 Å². The van der Waals surface area contributed by atoms with Crippen LogP contribution in [0.5, 0.6) is 5.75 Å². The molecule has 1 saturated heterocycles. The molecular weight excluding hydrogens is 386 g/mol. The number of piperidine rings is 1. The van der Waals surface area contributed by atoms with Gasteiger partial charge < -0.3 is 19.9 Å². The molecule has 1 aliphatic carbocycles. The predicted octanol–water partition coefficient (Wildman–Crippen LogP) is 3.69. The van der Waals surface area contributed by atoms with E-state index in [4.69, 9.17) is 4.74 Å². The molecule has 2 fully saturated rings. The molecule has 164 valence electrons. The van der Waals surface area contributed by atoms with E-state index in [-0.39, 0.29) is 11.3 Å². The summed E-state index contributed by atoms with van der Waals surface area (Å²) in [6.45, 7) is 5.60. The summed E-state index contributed by atoms with van der Waals surface area (Å²) < 4.78 is 5.69. The molecule has 5 nitrogen and oxygen atoms in total. The molecule has 1 saturated carbocycles. The predicted molar refractivity (Wildman–Crippen MR) is 124 cm³/mol. The Morgan fingerprint density at radius 3 is 2.81 bits per heavy atom. The van der Waals surface area contributed by atoms with Crippen LogP contribution in [-0.2, 0) is 5.41 Å². The highest BCUT2D eigenvalue weighted by Crippen LogP contribution is 2.46. The Labute approximate surface area is 185 Å². The van der Waals surface area contributed by atoms with Crippen molar-refractivity contribution in [1.82, 2.24) is 10.2 Å². The number of ether oxygens (including phenoxy) is 1. The molecule has 0 radical (unpaired) electrons. The highest BCUT2D eigenvalue weighted by molar-refractivity contribution is 5.95. The Hall–Kier alpha value is -2.53. The maximum Gasteiger partial charge on any atom is 0.251 e. The summed E-state index contributed by atoms with van der Waals surface area (Å²) in [7, 11) is 2.19. The van der Waals surface area contributed by atoms with Gasteiger partial charge >= 0.3 is 0 Å². The van der Waals surface area contributed by atoms with E-state index < -0.39 is 0 Å². The Kier molecular flexibility index (Phi) is 5.61. The molecule has 0 bridgehead atoms. The molecule has 5 rings (SSSR count). The minimum absolute atomic E-state index is 0.0187. The van der Waals surface area contributed by atoms with E-state index >= 15 is 0 Å². The van der Waals surface area contributed by atoms with Crippen LogP contribution in [0, 0.1) is 5.92 Å². The average Bonchev–Trinajstić information content (AvgIpc) is 3.56. The van der Waals surface area contributed by atoms with Gasteiger partial charge in [0.05, 0.1) is 6.54 Å². The lowest BCUT2D eigenvalue weighted by atomic mass is 9.75. The van der Waals surface area contributed by atoms with Gasteiger partial charge in [-0.15, -0.1) is 0 Å². The Morgan fingerprint density at radius 2 is 2.00 bits per heavy atom. The summed E-state index contributed by atoms with van der Waals surface area (Å²) in [6, 6.07) is 16.0. The fourth-order valence-electron chi connectivity index (χ4n) is 5.41. The number of hydrogen-bond acceptors (Lipinski definition) is 4. The van der Waals surface area contributed by atoms with Gasteiger partial charge in [0.25, 0.3) is 5.91 Å². The molecule has 2 aromatic rings. The number of nitrogens with zero attached hydrogens (tertiary/aromatic N) is 2. The van der Waals surface area contributed by atoms with Gasteiger partial charge in [0, 0.05) is 43.3 Å². The van der Waals surface area contributed by atoms with Gasteiger partial charge in [-0.1, -0.05) is 18.2 Å². The van der Waals surface area contributed by atoms with Gasteiger partial charge in [0.2, 0.25) is 0 Å². The fraction of sp³-hybridized carbons (Fsp3) is 0.500.